The second-order valence-corrected chi connectivity index (χ2v) is 7.51. The van der Waals surface area contributed by atoms with Gasteiger partial charge in [0.05, 0.1) is 4.47 Å². The molecule has 0 saturated carbocycles. The number of aryl methyl sites for hydroxylation is 2. The van der Waals surface area contributed by atoms with Crippen molar-refractivity contribution in [3.05, 3.63) is 14.2 Å². The Morgan fingerprint density at radius 2 is 1.80 bits per heavy atom. The summed E-state index contributed by atoms with van der Waals surface area (Å²) in [5.41, 5.74) is 0. The number of halogens is 1. The first-order valence-electron chi connectivity index (χ1n) is 4.53. The normalized spacial score (nSPS) is 12.4. The minimum Gasteiger partial charge on any atom is -0.209 e. The zero-order valence-electron chi connectivity index (χ0n) is 9.09. The molecular weight excluding hydrogens is 298 g/mol. The minimum absolute atomic E-state index is 0.0958. The lowest BCUT2D eigenvalue weighted by Crippen LogP contribution is -2.30. The standard InChI is InChI=1S/C9H14BrNO2S2/c1-5(2)11-15(12,13)9-7(4)14-6(3)8(9)10/h5,11H,1-4H3. The second-order valence-electron chi connectivity index (χ2n) is 3.63. The maximum Gasteiger partial charge on any atom is 0.243 e. The highest BCUT2D eigenvalue weighted by atomic mass is 79.9. The van der Waals surface area contributed by atoms with Crippen molar-refractivity contribution in [3.63, 3.8) is 0 Å². The predicted molar refractivity (Wildman–Crippen MR) is 67.0 cm³/mol. The summed E-state index contributed by atoms with van der Waals surface area (Å²) in [6, 6.07) is -0.0958. The Kier molecular flexibility index (Phi) is 3.97. The molecule has 0 amide bonds. The molecule has 0 aliphatic rings. The first-order valence-corrected chi connectivity index (χ1v) is 7.62. The molecule has 0 radical (unpaired) electrons. The Balaban J connectivity index is 3.27. The van der Waals surface area contributed by atoms with E-state index >= 15 is 0 Å². The smallest absolute Gasteiger partial charge is 0.209 e. The third-order valence-electron chi connectivity index (χ3n) is 1.79. The molecule has 86 valence electrons. The largest absolute Gasteiger partial charge is 0.243 e. The van der Waals surface area contributed by atoms with Crippen molar-refractivity contribution >= 4 is 37.3 Å². The fourth-order valence-electron chi connectivity index (χ4n) is 1.31. The van der Waals surface area contributed by atoms with Crippen LogP contribution in [0.3, 0.4) is 0 Å². The first-order chi connectivity index (χ1) is 6.75. The van der Waals surface area contributed by atoms with E-state index < -0.39 is 10.0 Å². The number of rotatable bonds is 3. The third-order valence-corrected chi connectivity index (χ3v) is 6.29. The summed E-state index contributed by atoms with van der Waals surface area (Å²) >= 11 is 4.80. The monoisotopic (exact) mass is 311 g/mol. The van der Waals surface area contributed by atoms with Gasteiger partial charge in [-0.15, -0.1) is 11.3 Å². The van der Waals surface area contributed by atoms with Crippen LogP contribution >= 0.6 is 27.3 Å². The number of nitrogens with one attached hydrogen (secondary N) is 1. The van der Waals surface area contributed by atoms with Gasteiger partial charge in [0.2, 0.25) is 10.0 Å². The topological polar surface area (TPSA) is 46.2 Å². The molecule has 1 N–H and O–H groups in total. The average Bonchev–Trinajstić information content (AvgIpc) is 2.23. The molecule has 0 atom stereocenters. The van der Waals surface area contributed by atoms with E-state index in [0.717, 1.165) is 9.75 Å². The van der Waals surface area contributed by atoms with Gasteiger partial charge >= 0.3 is 0 Å². The fraction of sp³-hybridized carbons (Fsp3) is 0.556. The van der Waals surface area contributed by atoms with E-state index in [4.69, 9.17) is 0 Å². The fourth-order valence-corrected chi connectivity index (χ4v) is 5.49. The highest BCUT2D eigenvalue weighted by Gasteiger charge is 2.24. The summed E-state index contributed by atoms with van der Waals surface area (Å²) in [6.07, 6.45) is 0. The van der Waals surface area contributed by atoms with Crippen molar-refractivity contribution in [2.45, 2.75) is 38.6 Å². The van der Waals surface area contributed by atoms with E-state index in [1.165, 1.54) is 11.3 Å². The predicted octanol–water partition coefficient (Wildman–Crippen LogP) is 2.81. The zero-order chi connectivity index (χ0) is 11.8. The highest BCUT2D eigenvalue weighted by molar-refractivity contribution is 9.10. The van der Waals surface area contributed by atoms with E-state index in [-0.39, 0.29) is 6.04 Å². The quantitative estimate of drug-likeness (QED) is 0.933. The molecule has 0 fully saturated rings. The van der Waals surface area contributed by atoms with Gasteiger partial charge in [0.1, 0.15) is 4.90 Å². The van der Waals surface area contributed by atoms with E-state index in [2.05, 4.69) is 20.7 Å². The summed E-state index contributed by atoms with van der Waals surface area (Å²) < 4.78 is 27.2. The van der Waals surface area contributed by atoms with Crippen LogP contribution in [-0.2, 0) is 10.0 Å². The molecule has 1 heterocycles. The molecule has 3 nitrogen and oxygen atoms in total. The Bertz CT molecular complexity index is 463. The van der Waals surface area contributed by atoms with Crippen LogP contribution in [0.5, 0.6) is 0 Å². The van der Waals surface area contributed by atoms with Gasteiger partial charge in [-0.3, -0.25) is 0 Å². The Morgan fingerprint density at radius 1 is 1.27 bits per heavy atom. The van der Waals surface area contributed by atoms with Crippen molar-refractivity contribution in [3.8, 4) is 0 Å². The summed E-state index contributed by atoms with van der Waals surface area (Å²) in [5, 5.41) is 0. The molecule has 1 aromatic rings. The lowest BCUT2D eigenvalue weighted by atomic mass is 10.4. The van der Waals surface area contributed by atoms with Gasteiger partial charge < -0.3 is 0 Å². The van der Waals surface area contributed by atoms with Gasteiger partial charge in [0.15, 0.2) is 0 Å². The van der Waals surface area contributed by atoms with Crippen LogP contribution in [0.15, 0.2) is 9.37 Å². The highest BCUT2D eigenvalue weighted by Crippen LogP contribution is 2.35. The Hall–Kier alpha value is 0.0900. The maximum atomic E-state index is 12.0. The Morgan fingerprint density at radius 3 is 2.13 bits per heavy atom. The van der Waals surface area contributed by atoms with Crippen molar-refractivity contribution < 1.29 is 8.42 Å². The summed E-state index contributed by atoms with van der Waals surface area (Å²) in [7, 11) is -3.39. The van der Waals surface area contributed by atoms with E-state index in [1.54, 1.807) is 13.8 Å². The van der Waals surface area contributed by atoms with Gasteiger partial charge in [0.25, 0.3) is 0 Å². The molecule has 15 heavy (non-hydrogen) atoms. The van der Waals surface area contributed by atoms with Crippen LogP contribution < -0.4 is 4.72 Å². The van der Waals surface area contributed by atoms with Crippen molar-refractivity contribution in [1.82, 2.24) is 4.72 Å². The van der Waals surface area contributed by atoms with Gasteiger partial charge in [-0.1, -0.05) is 0 Å². The molecule has 0 spiro atoms. The van der Waals surface area contributed by atoms with E-state index in [1.807, 2.05) is 13.8 Å². The van der Waals surface area contributed by atoms with Gasteiger partial charge in [-0.25, -0.2) is 13.1 Å². The van der Waals surface area contributed by atoms with Gasteiger partial charge in [0, 0.05) is 15.8 Å². The molecule has 0 bridgehead atoms. The zero-order valence-corrected chi connectivity index (χ0v) is 12.3. The second kappa shape index (κ2) is 4.53. The van der Waals surface area contributed by atoms with Crippen LogP contribution in [0.2, 0.25) is 0 Å². The molecule has 0 saturated heterocycles. The summed E-state index contributed by atoms with van der Waals surface area (Å²) in [6.45, 7) is 7.33. The van der Waals surface area contributed by atoms with E-state index in [0.29, 0.717) is 9.37 Å². The van der Waals surface area contributed by atoms with Gasteiger partial charge in [-0.05, 0) is 43.6 Å². The molecule has 0 aliphatic carbocycles. The maximum absolute atomic E-state index is 12.0. The van der Waals surface area contributed by atoms with Crippen molar-refractivity contribution in [1.29, 1.82) is 0 Å². The molecule has 0 aliphatic heterocycles. The summed E-state index contributed by atoms with van der Waals surface area (Å²) in [5.74, 6) is 0. The molecule has 0 aromatic carbocycles. The van der Waals surface area contributed by atoms with Crippen LogP contribution in [0.25, 0.3) is 0 Å². The molecule has 0 unspecified atom stereocenters. The minimum atomic E-state index is -3.39. The van der Waals surface area contributed by atoms with Crippen molar-refractivity contribution in [2.75, 3.05) is 0 Å². The number of sulfonamides is 1. The molecule has 1 rings (SSSR count). The SMILES string of the molecule is Cc1sc(C)c(S(=O)(=O)NC(C)C)c1Br. The van der Waals surface area contributed by atoms with Crippen LogP contribution in [0, 0.1) is 13.8 Å². The number of thiophene rings is 1. The third kappa shape index (κ3) is 2.81. The van der Waals surface area contributed by atoms with Gasteiger partial charge in [-0.2, -0.15) is 0 Å². The van der Waals surface area contributed by atoms with Crippen LogP contribution in [0.1, 0.15) is 23.6 Å². The number of hydrogen-bond acceptors (Lipinski definition) is 3. The average molecular weight is 312 g/mol. The van der Waals surface area contributed by atoms with Crippen LogP contribution in [0.4, 0.5) is 0 Å². The molecular formula is C9H14BrNO2S2. The summed E-state index contributed by atoms with van der Waals surface area (Å²) in [4.78, 5) is 2.17. The molecule has 6 heteroatoms. The lowest BCUT2D eigenvalue weighted by Gasteiger charge is -2.09. The number of hydrogen-bond donors (Lipinski definition) is 1. The Labute approximate surface area is 103 Å². The van der Waals surface area contributed by atoms with E-state index in [9.17, 15) is 8.42 Å². The molecule has 1 aromatic heterocycles. The van der Waals surface area contributed by atoms with Crippen molar-refractivity contribution in [2.24, 2.45) is 0 Å². The first kappa shape index (κ1) is 13.2. The van der Waals surface area contributed by atoms with Crippen LogP contribution in [-0.4, -0.2) is 14.5 Å². The lowest BCUT2D eigenvalue weighted by molar-refractivity contribution is 0.569.